The van der Waals surface area contributed by atoms with E-state index < -0.39 is 0 Å². The van der Waals surface area contributed by atoms with Crippen LogP contribution in [0.25, 0.3) is 0 Å². The molecule has 0 unspecified atom stereocenters. The lowest BCUT2D eigenvalue weighted by atomic mass is 9.78. The van der Waals surface area contributed by atoms with E-state index in [0.29, 0.717) is 11.6 Å². The first-order valence-electron chi connectivity index (χ1n) is 8.53. The molecule has 2 aromatic rings. The van der Waals surface area contributed by atoms with Gasteiger partial charge in [-0.2, -0.15) is 5.10 Å². The summed E-state index contributed by atoms with van der Waals surface area (Å²) >= 11 is 0. The second kappa shape index (κ2) is 5.36. The van der Waals surface area contributed by atoms with E-state index in [1.54, 1.807) is 11.8 Å². The monoisotopic (exact) mass is 325 g/mol. The first-order valence-corrected chi connectivity index (χ1v) is 8.53. The van der Waals surface area contributed by atoms with Crippen molar-refractivity contribution >= 4 is 11.6 Å². The number of methoxy groups -OCH3 is 1. The van der Waals surface area contributed by atoms with Gasteiger partial charge in [0, 0.05) is 18.4 Å². The van der Waals surface area contributed by atoms with E-state index in [1.165, 1.54) is 11.1 Å². The Hall–Kier alpha value is -2.30. The normalized spacial score (nSPS) is 24.5. The van der Waals surface area contributed by atoms with Gasteiger partial charge in [0.05, 0.1) is 12.8 Å². The minimum atomic E-state index is 0.0439. The summed E-state index contributed by atoms with van der Waals surface area (Å²) in [5, 5.41) is 7.40. The largest absolute Gasteiger partial charge is 0.480 e. The molecule has 24 heavy (non-hydrogen) atoms. The van der Waals surface area contributed by atoms with E-state index in [-0.39, 0.29) is 17.2 Å². The molecule has 1 heterocycles. The third-order valence-corrected chi connectivity index (χ3v) is 5.63. The smallest absolute Gasteiger partial charge is 0.236 e. The van der Waals surface area contributed by atoms with Crippen molar-refractivity contribution in [2.45, 2.75) is 38.0 Å². The molecule has 1 aromatic carbocycles. The van der Waals surface area contributed by atoms with E-state index >= 15 is 0 Å². The Morgan fingerprint density at radius 3 is 3.00 bits per heavy atom. The Balaban J connectivity index is 1.59. The van der Waals surface area contributed by atoms with Crippen molar-refractivity contribution in [1.29, 1.82) is 0 Å². The molecule has 1 spiro atoms. The predicted octanol–water partition coefficient (Wildman–Crippen LogP) is 2.97. The maximum Gasteiger partial charge on any atom is 0.236 e. The standard InChI is InChI=1S/C19H23N3O2/c1-12-16(18(24-3)22(2)21-12)20-17(23)15-11-19(15)10-6-8-13-7-4-5-9-14(13)19/h4-5,7,9,15H,6,8,10-11H2,1-3H3,(H,20,23)/t15-,19+/m0/s1. The van der Waals surface area contributed by atoms with Crippen molar-refractivity contribution in [2.75, 3.05) is 12.4 Å². The molecule has 126 valence electrons. The number of carbonyl (C=O) groups excluding carboxylic acids is 1. The minimum absolute atomic E-state index is 0.0439. The molecule has 0 saturated heterocycles. The zero-order valence-electron chi connectivity index (χ0n) is 14.4. The number of nitrogens with one attached hydrogen (secondary N) is 1. The SMILES string of the molecule is COc1c(NC(=O)[C@@H]2C[C@@]23CCCc2ccccc23)c(C)nn1C. The van der Waals surface area contributed by atoms with Gasteiger partial charge in [-0.05, 0) is 43.7 Å². The van der Waals surface area contributed by atoms with E-state index in [0.717, 1.165) is 31.4 Å². The van der Waals surface area contributed by atoms with E-state index in [1.807, 2.05) is 14.0 Å². The topological polar surface area (TPSA) is 56.1 Å². The number of amides is 1. The molecule has 0 aliphatic heterocycles. The molecule has 4 rings (SSSR count). The maximum absolute atomic E-state index is 12.9. The molecule has 5 nitrogen and oxygen atoms in total. The molecule has 1 aromatic heterocycles. The highest BCUT2D eigenvalue weighted by molar-refractivity contribution is 5.97. The number of carbonyl (C=O) groups is 1. The van der Waals surface area contributed by atoms with Crippen LogP contribution < -0.4 is 10.1 Å². The Labute approximate surface area is 142 Å². The Morgan fingerprint density at radius 1 is 1.42 bits per heavy atom. The number of fused-ring (bicyclic) bond motifs is 2. The third-order valence-electron chi connectivity index (χ3n) is 5.63. The van der Waals surface area contributed by atoms with Crippen LogP contribution in [0.4, 0.5) is 5.69 Å². The van der Waals surface area contributed by atoms with E-state index in [9.17, 15) is 4.79 Å². The molecule has 0 radical (unpaired) electrons. The zero-order chi connectivity index (χ0) is 16.9. The summed E-state index contributed by atoms with van der Waals surface area (Å²) in [6.07, 6.45) is 4.33. The Morgan fingerprint density at radius 2 is 2.21 bits per heavy atom. The lowest BCUT2D eigenvalue weighted by Gasteiger charge is -2.26. The van der Waals surface area contributed by atoms with Gasteiger partial charge in [0.2, 0.25) is 11.8 Å². The Kier molecular flexibility index (Phi) is 3.41. The average Bonchev–Trinajstić information content (AvgIpc) is 3.22. The van der Waals surface area contributed by atoms with Crippen LogP contribution in [-0.2, 0) is 23.7 Å². The van der Waals surface area contributed by atoms with Crippen LogP contribution in [0, 0.1) is 12.8 Å². The molecular weight excluding hydrogens is 302 g/mol. The molecule has 1 fully saturated rings. The van der Waals surface area contributed by atoms with Crippen LogP contribution >= 0.6 is 0 Å². The van der Waals surface area contributed by atoms with Gasteiger partial charge in [-0.1, -0.05) is 24.3 Å². The molecule has 1 amide bonds. The van der Waals surface area contributed by atoms with Gasteiger partial charge in [0.15, 0.2) is 0 Å². The average molecular weight is 325 g/mol. The van der Waals surface area contributed by atoms with Crippen molar-refractivity contribution in [3.05, 3.63) is 41.1 Å². The van der Waals surface area contributed by atoms with Crippen molar-refractivity contribution in [1.82, 2.24) is 9.78 Å². The summed E-state index contributed by atoms with van der Waals surface area (Å²) in [6.45, 7) is 1.89. The fourth-order valence-corrected chi connectivity index (χ4v) is 4.40. The number of nitrogens with zero attached hydrogens (tertiary/aromatic N) is 2. The summed E-state index contributed by atoms with van der Waals surface area (Å²) < 4.78 is 7.03. The minimum Gasteiger partial charge on any atom is -0.480 e. The van der Waals surface area contributed by atoms with Crippen LogP contribution in [0.1, 0.15) is 36.1 Å². The molecule has 1 N–H and O–H groups in total. The molecule has 0 bridgehead atoms. The lowest BCUT2D eigenvalue weighted by Crippen LogP contribution is -2.25. The van der Waals surface area contributed by atoms with Gasteiger partial charge < -0.3 is 10.1 Å². The van der Waals surface area contributed by atoms with Crippen LogP contribution in [0.3, 0.4) is 0 Å². The van der Waals surface area contributed by atoms with Crippen LogP contribution in [0.2, 0.25) is 0 Å². The first kappa shape index (κ1) is 15.2. The number of benzene rings is 1. The molecule has 1 saturated carbocycles. The molecule has 2 aliphatic rings. The Bertz CT molecular complexity index is 811. The quantitative estimate of drug-likeness (QED) is 0.944. The lowest BCUT2D eigenvalue weighted by molar-refractivity contribution is -0.117. The molecule has 2 atom stereocenters. The van der Waals surface area contributed by atoms with Gasteiger partial charge in [0.25, 0.3) is 0 Å². The summed E-state index contributed by atoms with van der Waals surface area (Å²) in [5.41, 5.74) is 4.31. The fraction of sp³-hybridized carbons (Fsp3) is 0.474. The van der Waals surface area contributed by atoms with Crippen molar-refractivity contribution in [3.63, 3.8) is 0 Å². The molecular formula is C19H23N3O2. The van der Waals surface area contributed by atoms with Gasteiger partial charge in [-0.25, -0.2) is 4.68 Å². The highest BCUT2D eigenvalue weighted by atomic mass is 16.5. The number of rotatable bonds is 3. The van der Waals surface area contributed by atoms with Crippen molar-refractivity contribution < 1.29 is 9.53 Å². The van der Waals surface area contributed by atoms with Gasteiger partial charge in [-0.3, -0.25) is 4.79 Å². The van der Waals surface area contributed by atoms with Crippen molar-refractivity contribution in [2.24, 2.45) is 13.0 Å². The highest BCUT2D eigenvalue weighted by Crippen LogP contribution is 2.60. The van der Waals surface area contributed by atoms with Crippen LogP contribution in [0.5, 0.6) is 5.88 Å². The summed E-state index contributed by atoms with van der Waals surface area (Å²) in [6, 6.07) is 8.60. The number of hydrogen-bond donors (Lipinski definition) is 1. The fourth-order valence-electron chi connectivity index (χ4n) is 4.40. The van der Waals surface area contributed by atoms with E-state index in [2.05, 4.69) is 34.7 Å². The highest BCUT2D eigenvalue weighted by Gasteiger charge is 2.60. The maximum atomic E-state index is 12.9. The van der Waals surface area contributed by atoms with E-state index in [4.69, 9.17) is 4.74 Å². The van der Waals surface area contributed by atoms with Crippen LogP contribution in [-0.4, -0.2) is 22.8 Å². The van der Waals surface area contributed by atoms with Gasteiger partial charge in [-0.15, -0.1) is 0 Å². The second-order valence-corrected chi connectivity index (χ2v) is 7.01. The second-order valence-electron chi connectivity index (χ2n) is 7.01. The summed E-state index contributed by atoms with van der Waals surface area (Å²) in [5.74, 6) is 0.726. The van der Waals surface area contributed by atoms with Crippen molar-refractivity contribution in [3.8, 4) is 5.88 Å². The van der Waals surface area contributed by atoms with Gasteiger partial charge >= 0.3 is 0 Å². The molecule has 5 heteroatoms. The number of ether oxygens (including phenoxy) is 1. The zero-order valence-corrected chi connectivity index (χ0v) is 14.4. The van der Waals surface area contributed by atoms with Gasteiger partial charge in [0.1, 0.15) is 5.69 Å². The van der Waals surface area contributed by atoms with Crippen LogP contribution in [0.15, 0.2) is 24.3 Å². The predicted molar refractivity (Wildman–Crippen MR) is 92.3 cm³/mol. The number of hydrogen-bond acceptors (Lipinski definition) is 3. The number of anilines is 1. The third kappa shape index (κ3) is 2.14. The summed E-state index contributed by atoms with van der Waals surface area (Å²) in [4.78, 5) is 12.9. The number of aromatic nitrogens is 2. The summed E-state index contributed by atoms with van der Waals surface area (Å²) in [7, 11) is 3.42. The molecule has 2 aliphatic carbocycles. The first-order chi connectivity index (χ1) is 11.6. The number of aryl methyl sites for hydroxylation is 3.